The first-order valence-corrected chi connectivity index (χ1v) is 33.2. The van der Waals surface area contributed by atoms with Crippen molar-refractivity contribution < 1.29 is 42.9 Å². The summed E-state index contributed by atoms with van der Waals surface area (Å²) >= 11 is 0. The Morgan fingerprint density at radius 1 is 0.390 bits per heavy atom. The van der Waals surface area contributed by atoms with Gasteiger partial charge in [0.1, 0.15) is 13.2 Å². The lowest BCUT2D eigenvalue weighted by molar-refractivity contribution is -0.870. The number of likely N-dealkylation sites (N-methyl/N-ethyl adjacent to an activating group) is 1. The highest BCUT2D eigenvalue weighted by Gasteiger charge is 2.25. The third-order valence-electron chi connectivity index (χ3n) is 14.9. The average molecular weight is 1090 g/mol. The molecule has 0 bridgehead atoms. The predicted octanol–water partition coefficient (Wildman–Crippen LogP) is 20.0. The fourth-order valence-corrected chi connectivity index (χ4v) is 9.75. The number of nitrogens with zero attached hydrogens (tertiary/aromatic N) is 1. The lowest BCUT2D eigenvalue weighted by atomic mass is 10.0. The molecule has 0 heterocycles. The van der Waals surface area contributed by atoms with E-state index in [4.69, 9.17) is 18.9 Å². The normalized spacial score (nSPS) is 12.9. The fraction of sp³-hybridized carbons (Fsp3) is 0.868. The zero-order valence-corrected chi connectivity index (χ0v) is 51.6. The number of rotatable bonds is 62. The van der Waals surface area contributed by atoms with E-state index in [1.807, 2.05) is 21.1 Å². The van der Waals surface area contributed by atoms with Crippen LogP contribution in [0.3, 0.4) is 0 Å². The Morgan fingerprint density at radius 2 is 0.701 bits per heavy atom. The van der Waals surface area contributed by atoms with Crippen molar-refractivity contribution in [1.82, 2.24) is 0 Å². The summed E-state index contributed by atoms with van der Waals surface area (Å²) in [4.78, 5) is 37.5. The Hall–Kier alpha value is -2.49. The van der Waals surface area contributed by atoms with Gasteiger partial charge in [-0.1, -0.05) is 275 Å². The number of quaternary nitrogens is 1. The van der Waals surface area contributed by atoms with Gasteiger partial charge in [0.15, 0.2) is 6.10 Å². The fourth-order valence-electron chi connectivity index (χ4n) is 9.75. The highest BCUT2D eigenvalue weighted by molar-refractivity contribution is 5.71. The van der Waals surface area contributed by atoms with Gasteiger partial charge in [-0.15, -0.1) is 0 Å². The number of hydrogen-bond donors (Lipinski definition) is 1. The van der Waals surface area contributed by atoms with Gasteiger partial charge >= 0.3 is 17.9 Å². The van der Waals surface area contributed by atoms with E-state index >= 15 is 0 Å². The maximum absolute atomic E-state index is 12.9. The molecule has 1 N–H and O–H groups in total. The quantitative estimate of drug-likeness (QED) is 0.0211. The van der Waals surface area contributed by atoms with Gasteiger partial charge in [0, 0.05) is 12.8 Å². The van der Waals surface area contributed by atoms with E-state index in [-0.39, 0.29) is 32.2 Å². The molecule has 0 fully saturated rings. The van der Waals surface area contributed by atoms with Crippen molar-refractivity contribution in [3.05, 3.63) is 36.5 Å². The Bertz CT molecular complexity index is 1360. The van der Waals surface area contributed by atoms with Gasteiger partial charge < -0.3 is 28.5 Å². The monoisotopic (exact) mass is 1090 g/mol. The first kappa shape index (κ1) is 74.5. The summed E-state index contributed by atoms with van der Waals surface area (Å²) in [5.74, 6) is -2.00. The van der Waals surface area contributed by atoms with Crippen LogP contribution < -0.4 is 0 Å². The Morgan fingerprint density at radius 3 is 1.06 bits per heavy atom. The van der Waals surface area contributed by atoms with Crippen LogP contribution in [0.5, 0.6) is 0 Å². The first-order valence-electron chi connectivity index (χ1n) is 33.2. The molecule has 77 heavy (non-hydrogen) atoms. The molecule has 0 spiro atoms. The van der Waals surface area contributed by atoms with Crippen LogP contribution in [-0.2, 0) is 33.3 Å². The predicted molar refractivity (Wildman–Crippen MR) is 327 cm³/mol. The van der Waals surface area contributed by atoms with Gasteiger partial charge in [0.25, 0.3) is 6.29 Å². The molecule has 0 aromatic heterocycles. The molecule has 452 valence electrons. The molecule has 0 radical (unpaired) electrons. The Balaban J connectivity index is 4.00. The summed E-state index contributed by atoms with van der Waals surface area (Å²) in [6.45, 7) is 4.89. The average Bonchev–Trinajstić information content (AvgIpc) is 3.40. The number of allylic oxidation sites excluding steroid dienone is 6. The van der Waals surface area contributed by atoms with Gasteiger partial charge in [0.2, 0.25) is 0 Å². The molecule has 9 nitrogen and oxygen atoms in total. The van der Waals surface area contributed by atoms with E-state index in [0.29, 0.717) is 23.9 Å². The van der Waals surface area contributed by atoms with Crippen molar-refractivity contribution in [2.45, 2.75) is 334 Å². The molecule has 0 aliphatic carbocycles. The van der Waals surface area contributed by atoms with E-state index in [2.05, 4.69) is 50.3 Å². The van der Waals surface area contributed by atoms with Gasteiger partial charge in [0.05, 0.1) is 34.4 Å². The minimum Gasteiger partial charge on any atom is -0.477 e. The molecule has 0 saturated carbocycles. The SMILES string of the molecule is CCCCC/C=C\C/C=C\CCCCCCCCCC(=O)OC(COC(=O)CCCCCCCCCCCCCCCCCCCCCCCCC/C=C\CCCCCCCCCC)COC(OCC[N+](C)(C)C)C(=O)O. The lowest BCUT2D eigenvalue weighted by Crippen LogP contribution is -2.40. The number of unbranched alkanes of at least 4 members (excludes halogenated alkanes) is 41. The third-order valence-corrected chi connectivity index (χ3v) is 14.9. The van der Waals surface area contributed by atoms with E-state index < -0.39 is 24.3 Å². The van der Waals surface area contributed by atoms with Crippen LogP contribution in [0.1, 0.15) is 322 Å². The number of carbonyl (C=O) groups is 3. The standard InChI is InChI=1S/C68H127NO8/c1-6-8-10-12-14-16-18-20-22-24-25-26-27-28-29-30-31-32-33-34-35-36-37-38-39-40-41-43-44-46-48-50-52-54-56-58-65(70)75-62-64(63-76-68(67(72)73)74-61-60-69(3,4)5)77-66(71)59-57-55-53-51-49-47-45-42-23-21-19-17-15-13-11-9-7-2/h15,17,21,23-25,64,68H,6-14,16,18-20,22,26-63H2,1-5H3/p+1/b17-15-,23-21-,25-24-. The van der Waals surface area contributed by atoms with Crippen LogP contribution in [-0.4, -0.2) is 87.4 Å². The van der Waals surface area contributed by atoms with Crippen molar-refractivity contribution in [1.29, 1.82) is 0 Å². The largest absolute Gasteiger partial charge is 0.477 e. The van der Waals surface area contributed by atoms with Crippen LogP contribution in [0.25, 0.3) is 0 Å². The van der Waals surface area contributed by atoms with Crippen LogP contribution in [0.4, 0.5) is 0 Å². The lowest BCUT2D eigenvalue weighted by Gasteiger charge is -2.25. The molecule has 9 heteroatoms. The summed E-state index contributed by atoms with van der Waals surface area (Å²) < 4.78 is 22.9. The van der Waals surface area contributed by atoms with Crippen LogP contribution in [0.15, 0.2) is 36.5 Å². The molecule has 2 unspecified atom stereocenters. The van der Waals surface area contributed by atoms with Crippen LogP contribution in [0.2, 0.25) is 0 Å². The number of aliphatic carboxylic acids is 1. The number of hydrogen-bond acceptors (Lipinski definition) is 7. The Kier molecular flexibility index (Phi) is 57.7. The zero-order chi connectivity index (χ0) is 56.2. The minimum atomic E-state index is -1.51. The molecule has 0 aliphatic heterocycles. The van der Waals surface area contributed by atoms with Crippen molar-refractivity contribution in [3.63, 3.8) is 0 Å². The summed E-state index contributed by atoms with van der Waals surface area (Å²) in [5, 5.41) is 9.71. The highest BCUT2D eigenvalue weighted by atomic mass is 16.7. The summed E-state index contributed by atoms with van der Waals surface area (Å²) in [6, 6.07) is 0. The molecular weight excluding hydrogens is 959 g/mol. The minimum absolute atomic E-state index is 0.181. The van der Waals surface area contributed by atoms with E-state index in [0.717, 1.165) is 51.4 Å². The second kappa shape index (κ2) is 59.6. The molecule has 0 aromatic rings. The van der Waals surface area contributed by atoms with E-state index in [1.165, 1.54) is 238 Å². The summed E-state index contributed by atoms with van der Waals surface area (Å²) in [6.07, 6.45) is 71.2. The number of carbonyl (C=O) groups excluding carboxylic acids is 2. The molecule has 2 atom stereocenters. The summed E-state index contributed by atoms with van der Waals surface area (Å²) in [5.41, 5.74) is 0. The van der Waals surface area contributed by atoms with E-state index in [1.54, 1.807) is 0 Å². The van der Waals surface area contributed by atoms with E-state index in [9.17, 15) is 19.5 Å². The van der Waals surface area contributed by atoms with Crippen LogP contribution in [0, 0.1) is 0 Å². The molecular formula is C68H128NO8+. The highest BCUT2D eigenvalue weighted by Crippen LogP contribution is 2.18. The zero-order valence-electron chi connectivity index (χ0n) is 51.6. The topological polar surface area (TPSA) is 108 Å². The molecule has 0 rings (SSSR count). The van der Waals surface area contributed by atoms with Gasteiger partial charge in [-0.3, -0.25) is 9.59 Å². The van der Waals surface area contributed by atoms with Crippen molar-refractivity contribution in [2.75, 3.05) is 47.5 Å². The number of carboxylic acid groups (broad SMARTS) is 1. The van der Waals surface area contributed by atoms with Gasteiger partial charge in [-0.05, 0) is 70.6 Å². The number of carboxylic acids is 1. The Labute approximate surface area is 477 Å². The van der Waals surface area contributed by atoms with Gasteiger partial charge in [-0.2, -0.15) is 0 Å². The van der Waals surface area contributed by atoms with Gasteiger partial charge in [-0.25, -0.2) is 4.79 Å². The third kappa shape index (κ3) is 61.0. The van der Waals surface area contributed by atoms with Crippen molar-refractivity contribution in [2.24, 2.45) is 0 Å². The molecule has 0 aromatic carbocycles. The smallest absolute Gasteiger partial charge is 0.361 e. The second-order valence-electron chi connectivity index (χ2n) is 23.8. The van der Waals surface area contributed by atoms with Crippen LogP contribution >= 0.6 is 0 Å². The second-order valence-corrected chi connectivity index (χ2v) is 23.8. The molecule has 0 saturated heterocycles. The maximum atomic E-state index is 12.9. The van der Waals surface area contributed by atoms with Crippen molar-refractivity contribution >= 4 is 17.9 Å². The first-order chi connectivity index (χ1) is 37.6. The summed E-state index contributed by atoms with van der Waals surface area (Å²) in [7, 11) is 5.98. The van der Waals surface area contributed by atoms with Crippen molar-refractivity contribution in [3.8, 4) is 0 Å². The number of esters is 2. The molecule has 0 aliphatic rings. The molecule has 0 amide bonds. The maximum Gasteiger partial charge on any atom is 0.361 e. The number of ether oxygens (including phenoxy) is 4.